The SMILES string of the molecule is CCn1nc(C)cc1CNC1(C)CCC1. The van der Waals surface area contributed by atoms with Crippen LogP contribution in [0.5, 0.6) is 0 Å². The van der Waals surface area contributed by atoms with Crippen LogP contribution in [0.15, 0.2) is 6.07 Å². The van der Waals surface area contributed by atoms with E-state index in [0.717, 1.165) is 18.8 Å². The normalized spacial score (nSPS) is 18.9. The minimum absolute atomic E-state index is 0.386. The highest BCUT2D eigenvalue weighted by atomic mass is 15.3. The van der Waals surface area contributed by atoms with Crippen molar-refractivity contribution in [3.05, 3.63) is 17.5 Å². The van der Waals surface area contributed by atoms with Crippen molar-refractivity contribution in [2.75, 3.05) is 0 Å². The van der Waals surface area contributed by atoms with Crippen molar-refractivity contribution in [1.82, 2.24) is 15.1 Å². The van der Waals surface area contributed by atoms with Gasteiger partial charge in [-0.2, -0.15) is 5.10 Å². The Morgan fingerprint density at radius 3 is 2.80 bits per heavy atom. The number of nitrogens with zero attached hydrogens (tertiary/aromatic N) is 2. The maximum Gasteiger partial charge on any atom is 0.0597 e. The second kappa shape index (κ2) is 3.97. The summed E-state index contributed by atoms with van der Waals surface area (Å²) in [5.74, 6) is 0. The Balaban J connectivity index is 1.97. The summed E-state index contributed by atoms with van der Waals surface area (Å²) in [6, 6.07) is 2.18. The molecule has 3 heteroatoms. The number of aromatic nitrogens is 2. The molecule has 0 unspecified atom stereocenters. The second-order valence-electron chi connectivity index (χ2n) is 4.86. The highest BCUT2D eigenvalue weighted by molar-refractivity contribution is 5.09. The van der Waals surface area contributed by atoms with E-state index >= 15 is 0 Å². The van der Waals surface area contributed by atoms with Gasteiger partial charge >= 0.3 is 0 Å². The van der Waals surface area contributed by atoms with E-state index in [1.807, 2.05) is 0 Å². The summed E-state index contributed by atoms with van der Waals surface area (Å²) in [6.07, 6.45) is 3.99. The maximum atomic E-state index is 4.45. The summed E-state index contributed by atoms with van der Waals surface area (Å²) in [5, 5.41) is 8.09. The van der Waals surface area contributed by atoms with Gasteiger partial charge in [0, 0.05) is 18.6 Å². The Morgan fingerprint density at radius 1 is 1.53 bits per heavy atom. The van der Waals surface area contributed by atoms with Gasteiger partial charge in [-0.3, -0.25) is 4.68 Å². The third kappa shape index (κ3) is 2.23. The summed E-state index contributed by atoms with van der Waals surface area (Å²) in [6.45, 7) is 8.42. The predicted molar refractivity (Wildman–Crippen MR) is 61.7 cm³/mol. The van der Waals surface area contributed by atoms with Crippen LogP contribution in [-0.2, 0) is 13.1 Å². The minimum atomic E-state index is 0.386. The zero-order chi connectivity index (χ0) is 10.9. The molecule has 0 bridgehead atoms. The maximum absolute atomic E-state index is 4.45. The number of rotatable bonds is 4. The quantitative estimate of drug-likeness (QED) is 0.820. The van der Waals surface area contributed by atoms with Crippen molar-refractivity contribution in [2.24, 2.45) is 0 Å². The summed E-state index contributed by atoms with van der Waals surface area (Å²) in [5.41, 5.74) is 2.81. The molecule has 2 rings (SSSR count). The molecule has 0 amide bonds. The van der Waals surface area contributed by atoms with Crippen molar-refractivity contribution in [1.29, 1.82) is 0 Å². The van der Waals surface area contributed by atoms with Crippen LogP contribution in [0.2, 0.25) is 0 Å². The number of hydrogen-bond donors (Lipinski definition) is 1. The first-order chi connectivity index (χ1) is 7.13. The van der Waals surface area contributed by atoms with E-state index in [4.69, 9.17) is 0 Å². The van der Waals surface area contributed by atoms with Crippen molar-refractivity contribution < 1.29 is 0 Å². The Kier molecular flexibility index (Phi) is 2.83. The number of nitrogens with one attached hydrogen (secondary N) is 1. The van der Waals surface area contributed by atoms with Gasteiger partial charge in [-0.15, -0.1) is 0 Å². The third-order valence-electron chi connectivity index (χ3n) is 3.44. The van der Waals surface area contributed by atoms with Crippen molar-refractivity contribution in [2.45, 2.75) is 58.7 Å². The van der Waals surface area contributed by atoms with Crippen LogP contribution < -0.4 is 5.32 Å². The molecule has 1 heterocycles. The standard InChI is InChI=1S/C12H21N3/c1-4-15-11(8-10(2)14-15)9-13-12(3)6-5-7-12/h8,13H,4-7,9H2,1-3H3. The Labute approximate surface area is 91.9 Å². The van der Waals surface area contributed by atoms with Gasteiger partial charge in [-0.25, -0.2) is 0 Å². The molecule has 0 aromatic carbocycles. The molecule has 0 aliphatic heterocycles. The molecule has 1 aliphatic carbocycles. The molecule has 1 aliphatic rings. The first-order valence-electron chi connectivity index (χ1n) is 5.91. The molecule has 3 nitrogen and oxygen atoms in total. The fraction of sp³-hybridized carbons (Fsp3) is 0.750. The average Bonchev–Trinajstić information content (AvgIpc) is 2.53. The highest BCUT2D eigenvalue weighted by Crippen LogP contribution is 2.31. The van der Waals surface area contributed by atoms with Gasteiger partial charge in [0.2, 0.25) is 0 Å². The Hall–Kier alpha value is -0.830. The van der Waals surface area contributed by atoms with Crippen LogP contribution >= 0.6 is 0 Å². The molecule has 0 atom stereocenters. The zero-order valence-corrected chi connectivity index (χ0v) is 10.0. The van der Waals surface area contributed by atoms with Gasteiger partial charge in [0.25, 0.3) is 0 Å². The molecule has 1 aromatic heterocycles. The van der Waals surface area contributed by atoms with E-state index in [1.165, 1.54) is 25.0 Å². The molecular weight excluding hydrogens is 186 g/mol. The predicted octanol–water partition coefficient (Wildman–Crippen LogP) is 2.24. The fourth-order valence-electron chi connectivity index (χ4n) is 2.20. The van der Waals surface area contributed by atoms with Crippen molar-refractivity contribution in [3.8, 4) is 0 Å². The minimum Gasteiger partial charge on any atom is -0.306 e. The van der Waals surface area contributed by atoms with E-state index in [9.17, 15) is 0 Å². The van der Waals surface area contributed by atoms with Crippen LogP contribution in [0, 0.1) is 6.92 Å². The monoisotopic (exact) mass is 207 g/mol. The van der Waals surface area contributed by atoms with E-state index in [-0.39, 0.29) is 0 Å². The van der Waals surface area contributed by atoms with Crippen LogP contribution in [0.25, 0.3) is 0 Å². The molecule has 1 saturated carbocycles. The second-order valence-corrected chi connectivity index (χ2v) is 4.86. The largest absolute Gasteiger partial charge is 0.306 e. The van der Waals surface area contributed by atoms with E-state index in [0.29, 0.717) is 5.54 Å². The topological polar surface area (TPSA) is 29.9 Å². The lowest BCUT2D eigenvalue weighted by Gasteiger charge is -2.39. The van der Waals surface area contributed by atoms with E-state index in [1.54, 1.807) is 0 Å². The average molecular weight is 207 g/mol. The van der Waals surface area contributed by atoms with E-state index in [2.05, 4.69) is 41.9 Å². The summed E-state index contributed by atoms with van der Waals surface area (Å²) >= 11 is 0. The first-order valence-corrected chi connectivity index (χ1v) is 5.91. The van der Waals surface area contributed by atoms with Crippen molar-refractivity contribution >= 4 is 0 Å². The summed E-state index contributed by atoms with van der Waals surface area (Å²) in [7, 11) is 0. The molecule has 15 heavy (non-hydrogen) atoms. The molecule has 84 valence electrons. The lowest BCUT2D eigenvalue weighted by Crippen LogP contribution is -2.47. The molecular formula is C12H21N3. The fourth-order valence-corrected chi connectivity index (χ4v) is 2.20. The van der Waals surface area contributed by atoms with Crippen LogP contribution in [0.3, 0.4) is 0 Å². The molecule has 1 N–H and O–H groups in total. The van der Waals surface area contributed by atoms with Crippen LogP contribution in [0.4, 0.5) is 0 Å². The zero-order valence-electron chi connectivity index (χ0n) is 10.0. The smallest absolute Gasteiger partial charge is 0.0597 e. The molecule has 1 aromatic rings. The molecule has 1 fully saturated rings. The van der Waals surface area contributed by atoms with Crippen LogP contribution in [-0.4, -0.2) is 15.3 Å². The number of hydrogen-bond acceptors (Lipinski definition) is 2. The van der Waals surface area contributed by atoms with Gasteiger partial charge in [0.05, 0.1) is 11.4 Å². The molecule has 0 spiro atoms. The number of aryl methyl sites for hydroxylation is 2. The first kappa shape index (κ1) is 10.7. The highest BCUT2D eigenvalue weighted by Gasteiger charge is 2.30. The van der Waals surface area contributed by atoms with Gasteiger partial charge in [0.1, 0.15) is 0 Å². The van der Waals surface area contributed by atoms with Gasteiger partial charge in [-0.1, -0.05) is 0 Å². The van der Waals surface area contributed by atoms with E-state index < -0.39 is 0 Å². The summed E-state index contributed by atoms with van der Waals surface area (Å²) < 4.78 is 2.09. The van der Waals surface area contributed by atoms with Crippen LogP contribution in [0.1, 0.15) is 44.5 Å². The lowest BCUT2D eigenvalue weighted by atomic mass is 9.78. The molecule has 0 radical (unpaired) electrons. The van der Waals surface area contributed by atoms with Gasteiger partial charge < -0.3 is 5.32 Å². The van der Waals surface area contributed by atoms with Crippen molar-refractivity contribution in [3.63, 3.8) is 0 Å². The van der Waals surface area contributed by atoms with Gasteiger partial charge in [0.15, 0.2) is 0 Å². The lowest BCUT2D eigenvalue weighted by molar-refractivity contribution is 0.205. The Morgan fingerprint density at radius 2 is 2.27 bits per heavy atom. The molecule has 0 saturated heterocycles. The summed E-state index contributed by atoms with van der Waals surface area (Å²) in [4.78, 5) is 0. The van der Waals surface area contributed by atoms with Gasteiger partial charge in [-0.05, 0) is 46.1 Å². The third-order valence-corrected chi connectivity index (χ3v) is 3.44. The Bertz CT molecular complexity index is 337.